The lowest BCUT2D eigenvalue weighted by atomic mass is 10.0. The van der Waals surface area contributed by atoms with Gasteiger partial charge in [0, 0.05) is 0 Å². The van der Waals surface area contributed by atoms with Crippen molar-refractivity contribution in [2.45, 2.75) is 89.9 Å². The summed E-state index contributed by atoms with van der Waals surface area (Å²) in [4.78, 5) is 0. The third-order valence-corrected chi connectivity index (χ3v) is 4.68. The van der Waals surface area contributed by atoms with E-state index >= 15 is 0 Å². The van der Waals surface area contributed by atoms with Gasteiger partial charge in [-0.05, 0) is 31.4 Å². The average molecular weight is 330 g/mol. The Kier molecular flexibility index (Phi) is 14.6. The monoisotopic (exact) mass is 329 g/mol. The largest absolute Gasteiger partial charge is 0.330 e. The molecule has 0 fully saturated rings. The van der Waals surface area contributed by atoms with Crippen LogP contribution in [0.4, 0.5) is 0 Å². The Balaban J connectivity index is 1.75. The average Bonchev–Trinajstić information content (AvgIpc) is 2.62. The molecule has 0 atom stereocenters. The number of nitrogens with two attached hydrogens (primary N) is 1. The Morgan fingerprint density at radius 3 is 1.54 bits per heavy atom. The SMILES string of the molecule is NCCCCCCCCCCCCCCCC=Cc1ccccc1. The highest BCUT2D eigenvalue weighted by molar-refractivity contribution is 5.48. The van der Waals surface area contributed by atoms with Crippen molar-refractivity contribution in [3.05, 3.63) is 42.0 Å². The van der Waals surface area contributed by atoms with Crippen molar-refractivity contribution < 1.29 is 0 Å². The quantitative estimate of drug-likeness (QED) is 0.321. The van der Waals surface area contributed by atoms with Crippen LogP contribution >= 0.6 is 0 Å². The van der Waals surface area contributed by atoms with Gasteiger partial charge in [-0.2, -0.15) is 0 Å². The Morgan fingerprint density at radius 2 is 1.04 bits per heavy atom. The van der Waals surface area contributed by atoms with Crippen molar-refractivity contribution in [3.8, 4) is 0 Å². The Hall–Kier alpha value is -1.08. The van der Waals surface area contributed by atoms with Gasteiger partial charge in [0.15, 0.2) is 0 Å². The number of rotatable bonds is 16. The van der Waals surface area contributed by atoms with E-state index in [9.17, 15) is 0 Å². The molecule has 1 nitrogen and oxygen atoms in total. The molecule has 136 valence electrons. The van der Waals surface area contributed by atoms with Crippen LogP contribution in [0.1, 0.15) is 95.5 Å². The second-order valence-corrected chi connectivity index (χ2v) is 6.99. The summed E-state index contributed by atoms with van der Waals surface area (Å²) >= 11 is 0. The highest BCUT2D eigenvalue weighted by atomic mass is 14.5. The van der Waals surface area contributed by atoms with E-state index in [1.807, 2.05) is 0 Å². The van der Waals surface area contributed by atoms with Gasteiger partial charge in [-0.25, -0.2) is 0 Å². The van der Waals surface area contributed by atoms with Crippen molar-refractivity contribution >= 4 is 6.08 Å². The lowest BCUT2D eigenvalue weighted by Gasteiger charge is -2.02. The van der Waals surface area contributed by atoms with E-state index in [1.165, 1.54) is 95.5 Å². The minimum atomic E-state index is 0.864. The highest BCUT2D eigenvalue weighted by Crippen LogP contribution is 2.13. The van der Waals surface area contributed by atoms with Gasteiger partial charge in [-0.15, -0.1) is 0 Å². The van der Waals surface area contributed by atoms with Gasteiger partial charge in [0.2, 0.25) is 0 Å². The van der Waals surface area contributed by atoms with Crippen molar-refractivity contribution in [2.75, 3.05) is 6.54 Å². The van der Waals surface area contributed by atoms with Gasteiger partial charge in [0.25, 0.3) is 0 Å². The minimum Gasteiger partial charge on any atom is -0.330 e. The van der Waals surface area contributed by atoms with E-state index < -0.39 is 0 Å². The summed E-state index contributed by atoms with van der Waals surface area (Å²) in [7, 11) is 0. The summed E-state index contributed by atoms with van der Waals surface area (Å²) in [6.45, 7) is 0.864. The molecule has 1 aromatic carbocycles. The molecule has 0 aromatic heterocycles. The molecule has 0 aliphatic heterocycles. The number of hydrogen-bond acceptors (Lipinski definition) is 1. The minimum absolute atomic E-state index is 0.864. The molecule has 1 aromatic rings. The second-order valence-electron chi connectivity index (χ2n) is 6.99. The third-order valence-electron chi connectivity index (χ3n) is 4.68. The van der Waals surface area contributed by atoms with Gasteiger partial charge in [-0.3, -0.25) is 0 Å². The summed E-state index contributed by atoms with van der Waals surface area (Å²) in [5, 5.41) is 0. The summed E-state index contributed by atoms with van der Waals surface area (Å²) in [6, 6.07) is 10.6. The second kappa shape index (κ2) is 16.8. The fraction of sp³-hybridized carbons (Fsp3) is 0.652. The van der Waals surface area contributed by atoms with E-state index in [0.29, 0.717) is 0 Å². The van der Waals surface area contributed by atoms with Gasteiger partial charge >= 0.3 is 0 Å². The van der Waals surface area contributed by atoms with Crippen LogP contribution in [0.5, 0.6) is 0 Å². The molecule has 0 radical (unpaired) electrons. The fourth-order valence-corrected chi connectivity index (χ4v) is 3.13. The van der Waals surface area contributed by atoms with E-state index in [2.05, 4.69) is 42.5 Å². The van der Waals surface area contributed by atoms with Gasteiger partial charge < -0.3 is 5.73 Å². The van der Waals surface area contributed by atoms with Crippen molar-refractivity contribution in [2.24, 2.45) is 5.73 Å². The lowest BCUT2D eigenvalue weighted by molar-refractivity contribution is 0.538. The number of allylic oxidation sites excluding steroid dienone is 1. The molecule has 0 saturated carbocycles. The molecule has 0 aliphatic carbocycles. The maximum Gasteiger partial charge on any atom is -0.00773 e. The summed E-state index contributed by atoms with van der Waals surface area (Å²) < 4.78 is 0. The summed E-state index contributed by atoms with van der Waals surface area (Å²) in [5.41, 5.74) is 6.82. The van der Waals surface area contributed by atoms with Crippen LogP contribution in [0.15, 0.2) is 36.4 Å². The predicted molar refractivity (Wildman–Crippen MR) is 109 cm³/mol. The molecule has 0 aliphatic rings. The van der Waals surface area contributed by atoms with Crippen LogP contribution in [0.25, 0.3) is 6.08 Å². The molecule has 0 heterocycles. The maximum absolute atomic E-state index is 5.50. The standard InChI is InChI=1S/C23H39N/c24-22-18-13-11-9-7-5-3-1-2-4-6-8-10-12-15-19-23-20-16-14-17-21-23/h14-17,19-21H,1-13,18,22,24H2. The van der Waals surface area contributed by atoms with Crippen LogP contribution in [0, 0.1) is 0 Å². The Bertz CT molecular complexity index is 382. The molecule has 1 heteroatoms. The van der Waals surface area contributed by atoms with Crippen LogP contribution in [0.2, 0.25) is 0 Å². The van der Waals surface area contributed by atoms with Gasteiger partial charge in [0.05, 0.1) is 0 Å². The zero-order valence-corrected chi connectivity index (χ0v) is 15.7. The molecule has 1 rings (SSSR count). The zero-order valence-electron chi connectivity index (χ0n) is 15.7. The molecule has 0 bridgehead atoms. The summed E-state index contributed by atoms with van der Waals surface area (Å²) in [5.74, 6) is 0. The number of unbranched alkanes of at least 4 members (excludes halogenated alkanes) is 13. The summed E-state index contributed by atoms with van der Waals surface area (Å²) in [6.07, 6.45) is 23.9. The molecule has 24 heavy (non-hydrogen) atoms. The molecular weight excluding hydrogens is 290 g/mol. The first-order valence-corrected chi connectivity index (χ1v) is 10.3. The van der Waals surface area contributed by atoms with Crippen LogP contribution in [-0.4, -0.2) is 6.54 Å². The Morgan fingerprint density at radius 1 is 0.583 bits per heavy atom. The van der Waals surface area contributed by atoms with Crippen molar-refractivity contribution in [1.82, 2.24) is 0 Å². The Labute approximate surface area is 150 Å². The third kappa shape index (κ3) is 13.4. The van der Waals surface area contributed by atoms with Crippen LogP contribution in [-0.2, 0) is 0 Å². The first-order chi connectivity index (χ1) is 11.9. The molecule has 0 unspecified atom stereocenters. The molecular formula is C23H39N. The van der Waals surface area contributed by atoms with Gasteiger partial charge in [-0.1, -0.05) is 113 Å². The number of benzene rings is 1. The first-order valence-electron chi connectivity index (χ1n) is 10.3. The van der Waals surface area contributed by atoms with Crippen molar-refractivity contribution in [1.29, 1.82) is 0 Å². The number of hydrogen-bond donors (Lipinski definition) is 1. The first kappa shape index (κ1) is 21.0. The predicted octanol–water partition coefficient (Wildman–Crippen LogP) is 7.12. The lowest BCUT2D eigenvalue weighted by Crippen LogP contribution is -1.97. The molecule has 0 amide bonds. The topological polar surface area (TPSA) is 26.0 Å². The van der Waals surface area contributed by atoms with Gasteiger partial charge in [0.1, 0.15) is 0 Å². The smallest absolute Gasteiger partial charge is 0.00773 e. The van der Waals surface area contributed by atoms with E-state index in [1.54, 1.807) is 0 Å². The van der Waals surface area contributed by atoms with Crippen LogP contribution < -0.4 is 5.73 Å². The van der Waals surface area contributed by atoms with E-state index in [-0.39, 0.29) is 0 Å². The normalized spacial score (nSPS) is 11.4. The molecule has 0 spiro atoms. The maximum atomic E-state index is 5.50. The van der Waals surface area contributed by atoms with E-state index in [4.69, 9.17) is 5.73 Å². The van der Waals surface area contributed by atoms with E-state index in [0.717, 1.165) is 6.54 Å². The van der Waals surface area contributed by atoms with Crippen LogP contribution in [0.3, 0.4) is 0 Å². The highest BCUT2D eigenvalue weighted by Gasteiger charge is 1.93. The zero-order chi connectivity index (χ0) is 17.1. The fourth-order valence-electron chi connectivity index (χ4n) is 3.13. The molecule has 2 N–H and O–H groups in total. The van der Waals surface area contributed by atoms with Crippen molar-refractivity contribution in [3.63, 3.8) is 0 Å². The molecule has 0 saturated heterocycles.